The van der Waals surface area contributed by atoms with Crippen molar-refractivity contribution in [3.05, 3.63) is 35.7 Å². The third-order valence-electron chi connectivity index (χ3n) is 2.09. The number of aromatic nitrogens is 1. The van der Waals surface area contributed by atoms with Crippen molar-refractivity contribution >= 4 is 28.9 Å². The molecule has 0 saturated carbocycles. The van der Waals surface area contributed by atoms with Crippen LogP contribution in [-0.4, -0.2) is 28.9 Å². The van der Waals surface area contributed by atoms with Gasteiger partial charge in [-0.2, -0.15) is 0 Å². The molecule has 1 rings (SSSR count). The molecule has 18 heavy (non-hydrogen) atoms. The van der Waals surface area contributed by atoms with Gasteiger partial charge < -0.3 is 4.74 Å². The molecule has 0 aliphatic heterocycles. The lowest BCUT2D eigenvalue weighted by Crippen LogP contribution is -2.01. The first-order valence-corrected chi connectivity index (χ1v) is 6.46. The van der Waals surface area contributed by atoms with Crippen molar-refractivity contribution in [2.24, 2.45) is 0 Å². The zero-order valence-electron chi connectivity index (χ0n) is 10.4. The van der Waals surface area contributed by atoms with Gasteiger partial charge in [-0.1, -0.05) is 17.8 Å². The van der Waals surface area contributed by atoms with Crippen molar-refractivity contribution in [1.29, 1.82) is 0 Å². The lowest BCUT2D eigenvalue weighted by atomic mass is 10.2. The Labute approximate surface area is 110 Å². The quantitative estimate of drug-likeness (QED) is 0.605. The summed E-state index contributed by atoms with van der Waals surface area (Å²) in [5, 5.41) is 0.129. The maximum Gasteiger partial charge on any atom is 0.339 e. The highest BCUT2D eigenvalue weighted by molar-refractivity contribution is 8.13. The number of pyridine rings is 1. The van der Waals surface area contributed by atoms with Gasteiger partial charge in [-0.25, -0.2) is 4.79 Å². The first-order chi connectivity index (χ1) is 8.63. The van der Waals surface area contributed by atoms with E-state index in [0.717, 1.165) is 17.9 Å². The smallest absolute Gasteiger partial charge is 0.339 e. The van der Waals surface area contributed by atoms with Crippen molar-refractivity contribution in [3.63, 3.8) is 0 Å². The van der Waals surface area contributed by atoms with Crippen LogP contribution in [0.5, 0.6) is 0 Å². The van der Waals surface area contributed by atoms with Crippen LogP contribution in [-0.2, 0) is 9.53 Å². The SMILES string of the molecule is COC(=O)c1ccc(C=CCCSC(C)=O)nc1. The third kappa shape index (κ3) is 5.14. The lowest BCUT2D eigenvalue weighted by Gasteiger charge is -1.98. The zero-order valence-corrected chi connectivity index (χ0v) is 11.2. The first-order valence-electron chi connectivity index (χ1n) is 5.47. The lowest BCUT2D eigenvalue weighted by molar-refractivity contribution is -0.109. The highest BCUT2D eigenvalue weighted by atomic mass is 32.2. The molecule has 0 aliphatic carbocycles. The fraction of sp³-hybridized carbons (Fsp3) is 0.308. The molecule has 0 aromatic carbocycles. The van der Waals surface area contributed by atoms with Gasteiger partial charge >= 0.3 is 5.97 Å². The number of nitrogens with zero attached hydrogens (tertiary/aromatic N) is 1. The molecule has 0 aliphatic rings. The second-order valence-corrected chi connectivity index (χ2v) is 4.77. The van der Waals surface area contributed by atoms with Gasteiger partial charge in [0.05, 0.1) is 18.4 Å². The average molecular weight is 265 g/mol. The molecule has 1 aromatic heterocycles. The highest BCUT2D eigenvalue weighted by Gasteiger charge is 2.03. The van der Waals surface area contributed by atoms with Gasteiger partial charge in [0.25, 0.3) is 0 Å². The first kappa shape index (κ1) is 14.4. The number of methoxy groups -OCH3 is 1. The standard InChI is InChI=1S/C13H15NO3S/c1-10(15)18-8-4-3-5-12-7-6-11(9-14-12)13(16)17-2/h3,5-7,9H,4,8H2,1-2H3. The Balaban J connectivity index is 2.45. The van der Waals surface area contributed by atoms with Crippen molar-refractivity contribution < 1.29 is 14.3 Å². The summed E-state index contributed by atoms with van der Waals surface area (Å²) in [5.41, 5.74) is 1.21. The van der Waals surface area contributed by atoms with E-state index in [1.54, 1.807) is 19.1 Å². The maximum absolute atomic E-state index is 11.2. The minimum absolute atomic E-state index is 0.129. The number of ether oxygens (including phenoxy) is 1. The largest absolute Gasteiger partial charge is 0.465 e. The van der Waals surface area contributed by atoms with Gasteiger partial charge in [-0.3, -0.25) is 9.78 Å². The Kier molecular flexibility index (Phi) is 6.14. The molecule has 0 amide bonds. The molecule has 0 atom stereocenters. The van der Waals surface area contributed by atoms with E-state index in [9.17, 15) is 9.59 Å². The van der Waals surface area contributed by atoms with Gasteiger partial charge in [0.2, 0.25) is 0 Å². The summed E-state index contributed by atoms with van der Waals surface area (Å²) in [4.78, 5) is 26.0. The zero-order chi connectivity index (χ0) is 13.4. The molecule has 0 unspecified atom stereocenters. The molecule has 0 spiro atoms. The van der Waals surface area contributed by atoms with Gasteiger partial charge in [0.1, 0.15) is 0 Å². The van der Waals surface area contributed by atoms with Crippen LogP contribution in [0.4, 0.5) is 0 Å². The van der Waals surface area contributed by atoms with Crippen LogP contribution in [0.3, 0.4) is 0 Å². The number of hydrogen-bond donors (Lipinski definition) is 0. The fourth-order valence-electron chi connectivity index (χ4n) is 1.22. The summed E-state index contributed by atoms with van der Waals surface area (Å²) in [7, 11) is 1.34. The van der Waals surface area contributed by atoms with E-state index in [2.05, 4.69) is 9.72 Å². The third-order valence-corrected chi connectivity index (χ3v) is 2.93. The Bertz CT molecular complexity index is 440. The Morgan fingerprint density at radius 1 is 1.44 bits per heavy atom. The topological polar surface area (TPSA) is 56.3 Å². The molecule has 0 saturated heterocycles. The maximum atomic E-state index is 11.2. The van der Waals surface area contributed by atoms with Crippen LogP contribution < -0.4 is 0 Å². The number of carbonyl (C=O) groups excluding carboxylic acids is 2. The van der Waals surface area contributed by atoms with Crippen LogP contribution in [0, 0.1) is 0 Å². The molecule has 4 nitrogen and oxygen atoms in total. The molecule has 5 heteroatoms. The van der Waals surface area contributed by atoms with Gasteiger partial charge in [-0.05, 0) is 24.6 Å². The normalized spacial score (nSPS) is 10.6. The minimum Gasteiger partial charge on any atom is -0.465 e. The second kappa shape index (κ2) is 7.66. The monoisotopic (exact) mass is 265 g/mol. The minimum atomic E-state index is -0.393. The summed E-state index contributed by atoms with van der Waals surface area (Å²) >= 11 is 1.30. The van der Waals surface area contributed by atoms with Gasteiger partial charge in [-0.15, -0.1) is 0 Å². The number of carbonyl (C=O) groups is 2. The van der Waals surface area contributed by atoms with Crippen molar-refractivity contribution in [3.8, 4) is 0 Å². The van der Waals surface area contributed by atoms with Gasteiger partial charge in [0, 0.05) is 18.9 Å². The molecule has 0 bridgehead atoms. The van der Waals surface area contributed by atoms with E-state index in [4.69, 9.17) is 0 Å². The molecular weight excluding hydrogens is 250 g/mol. The summed E-state index contributed by atoms with van der Waals surface area (Å²) in [6.07, 6.45) is 6.11. The Morgan fingerprint density at radius 2 is 2.22 bits per heavy atom. The number of allylic oxidation sites excluding steroid dienone is 1. The van der Waals surface area contributed by atoms with Crippen LogP contribution in [0.1, 0.15) is 29.4 Å². The molecule has 96 valence electrons. The van der Waals surface area contributed by atoms with Crippen LogP contribution in [0.15, 0.2) is 24.4 Å². The molecule has 1 heterocycles. The van der Waals surface area contributed by atoms with E-state index >= 15 is 0 Å². The van der Waals surface area contributed by atoms with E-state index < -0.39 is 5.97 Å². The number of rotatable bonds is 5. The average Bonchev–Trinajstić information content (AvgIpc) is 2.38. The van der Waals surface area contributed by atoms with Crippen molar-refractivity contribution in [1.82, 2.24) is 4.98 Å². The molecule has 0 radical (unpaired) electrons. The van der Waals surface area contributed by atoms with E-state index in [1.165, 1.54) is 25.1 Å². The van der Waals surface area contributed by atoms with E-state index in [-0.39, 0.29) is 5.12 Å². The van der Waals surface area contributed by atoms with Crippen molar-refractivity contribution in [2.45, 2.75) is 13.3 Å². The molecule has 0 fully saturated rings. The molecular formula is C13H15NO3S. The van der Waals surface area contributed by atoms with Crippen LogP contribution in [0.25, 0.3) is 6.08 Å². The number of thioether (sulfide) groups is 1. The summed E-state index contributed by atoms with van der Waals surface area (Å²) in [5.74, 6) is 0.377. The second-order valence-electron chi connectivity index (χ2n) is 3.49. The predicted molar refractivity (Wildman–Crippen MR) is 72.4 cm³/mol. The number of hydrogen-bond acceptors (Lipinski definition) is 5. The Morgan fingerprint density at radius 3 is 2.78 bits per heavy atom. The summed E-state index contributed by atoms with van der Waals surface area (Å²) in [6, 6.07) is 3.42. The van der Waals surface area contributed by atoms with Crippen LogP contribution in [0.2, 0.25) is 0 Å². The Hall–Kier alpha value is -1.62. The fourth-order valence-corrected chi connectivity index (χ4v) is 1.76. The van der Waals surface area contributed by atoms with Crippen LogP contribution >= 0.6 is 11.8 Å². The van der Waals surface area contributed by atoms with E-state index in [0.29, 0.717) is 5.56 Å². The molecule has 0 N–H and O–H groups in total. The number of esters is 1. The predicted octanol–water partition coefficient (Wildman–Crippen LogP) is 2.55. The molecule has 1 aromatic rings. The van der Waals surface area contributed by atoms with Crippen molar-refractivity contribution in [2.75, 3.05) is 12.9 Å². The highest BCUT2D eigenvalue weighted by Crippen LogP contribution is 2.07. The summed E-state index contributed by atoms with van der Waals surface area (Å²) in [6.45, 7) is 1.56. The summed E-state index contributed by atoms with van der Waals surface area (Å²) < 4.78 is 4.58. The van der Waals surface area contributed by atoms with E-state index in [1.807, 2.05) is 12.2 Å². The van der Waals surface area contributed by atoms with Gasteiger partial charge in [0.15, 0.2) is 5.12 Å².